The maximum absolute atomic E-state index is 12.2. The Labute approximate surface area is 133 Å². The van der Waals surface area contributed by atoms with Gasteiger partial charge in [-0.05, 0) is 39.5 Å². The number of alkyl carbamates (subject to hydrolysis) is 1. The molecule has 0 saturated heterocycles. The molecule has 1 fully saturated rings. The second-order valence-corrected chi connectivity index (χ2v) is 9.67. The van der Waals surface area contributed by atoms with Crippen molar-refractivity contribution < 1.29 is 24.1 Å². The van der Waals surface area contributed by atoms with Crippen LogP contribution in [0.5, 0.6) is 0 Å². The highest BCUT2D eigenvalue weighted by atomic mass is 31.2. The average Bonchev–Trinajstić information content (AvgIpc) is 2.34. The summed E-state index contributed by atoms with van der Waals surface area (Å²) in [5.41, 5.74) is -0.609. The number of amides is 1. The van der Waals surface area contributed by atoms with Gasteiger partial charge in [-0.15, -0.1) is 0 Å². The molecule has 6 nitrogen and oxygen atoms in total. The molecule has 130 valence electrons. The number of carbonyl (C=O) groups excluding carboxylic acids is 1. The van der Waals surface area contributed by atoms with Gasteiger partial charge in [-0.1, -0.05) is 19.3 Å². The SMILES string of the molecule is CC(C)(C)OC(=O)NC[C@@H](O)CP(=O)(O)CC1CCCCC1. The molecule has 22 heavy (non-hydrogen) atoms. The molecule has 1 aliphatic rings. The molecule has 0 aromatic carbocycles. The predicted octanol–water partition coefficient (Wildman–Crippen LogP) is 2.72. The van der Waals surface area contributed by atoms with Gasteiger partial charge >= 0.3 is 6.09 Å². The van der Waals surface area contributed by atoms with Crippen molar-refractivity contribution in [1.29, 1.82) is 0 Å². The van der Waals surface area contributed by atoms with Crippen LogP contribution >= 0.6 is 7.37 Å². The van der Waals surface area contributed by atoms with Crippen molar-refractivity contribution in [3.63, 3.8) is 0 Å². The summed E-state index contributed by atoms with van der Waals surface area (Å²) in [6.07, 6.45) is 3.86. The third-order valence-electron chi connectivity index (χ3n) is 3.65. The first-order valence-corrected chi connectivity index (χ1v) is 10.1. The fourth-order valence-electron chi connectivity index (χ4n) is 2.76. The second-order valence-electron chi connectivity index (χ2n) is 7.25. The lowest BCUT2D eigenvalue weighted by molar-refractivity contribution is 0.0498. The minimum Gasteiger partial charge on any atom is -0.444 e. The molecular formula is C15H30NO5P. The molecule has 0 heterocycles. The summed E-state index contributed by atoms with van der Waals surface area (Å²) in [5, 5.41) is 12.3. The Balaban J connectivity index is 2.31. The van der Waals surface area contributed by atoms with Crippen LogP contribution in [0.1, 0.15) is 52.9 Å². The van der Waals surface area contributed by atoms with E-state index >= 15 is 0 Å². The first-order chi connectivity index (χ1) is 10.1. The van der Waals surface area contributed by atoms with E-state index in [1.807, 2.05) is 0 Å². The number of hydrogen-bond donors (Lipinski definition) is 3. The van der Waals surface area contributed by atoms with Gasteiger partial charge in [-0.3, -0.25) is 4.57 Å². The molecule has 3 N–H and O–H groups in total. The quantitative estimate of drug-likeness (QED) is 0.649. The van der Waals surface area contributed by atoms with Gasteiger partial charge in [-0.25, -0.2) is 4.79 Å². The Kier molecular flexibility index (Phi) is 7.36. The highest BCUT2D eigenvalue weighted by Crippen LogP contribution is 2.45. The van der Waals surface area contributed by atoms with Gasteiger partial charge in [0.1, 0.15) is 5.60 Å². The van der Waals surface area contributed by atoms with Crippen molar-refractivity contribution in [3.8, 4) is 0 Å². The number of aliphatic hydroxyl groups is 1. The van der Waals surface area contributed by atoms with Crippen LogP contribution in [0.3, 0.4) is 0 Å². The Morgan fingerprint density at radius 2 is 1.91 bits per heavy atom. The van der Waals surface area contributed by atoms with E-state index in [4.69, 9.17) is 4.74 Å². The van der Waals surface area contributed by atoms with Gasteiger partial charge < -0.3 is 20.1 Å². The average molecular weight is 335 g/mol. The zero-order valence-electron chi connectivity index (χ0n) is 13.9. The number of nitrogens with one attached hydrogen (secondary N) is 1. The summed E-state index contributed by atoms with van der Waals surface area (Å²) in [7, 11) is -3.36. The van der Waals surface area contributed by atoms with Gasteiger partial charge in [0.25, 0.3) is 0 Å². The molecule has 0 bridgehead atoms. The zero-order valence-corrected chi connectivity index (χ0v) is 14.8. The molecule has 0 aromatic heterocycles. The van der Waals surface area contributed by atoms with Crippen LogP contribution in [0.15, 0.2) is 0 Å². The van der Waals surface area contributed by atoms with E-state index in [1.165, 1.54) is 6.42 Å². The number of ether oxygens (including phenoxy) is 1. The van der Waals surface area contributed by atoms with Crippen molar-refractivity contribution in [3.05, 3.63) is 0 Å². The topological polar surface area (TPSA) is 95.9 Å². The number of rotatable bonds is 6. The maximum Gasteiger partial charge on any atom is 0.407 e. The zero-order chi connectivity index (χ0) is 16.8. The van der Waals surface area contributed by atoms with Crippen LogP contribution in [0.2, 0.25) is 0 Å². The summed E-state index contributed by atoms with van der Waals surface area (Å²) >= 11 is 0. The van der Waals surface area contributed by atoms with Gasteiger partial charge in [0.15, 0.2) is 0 Å². The van der Waals surface area contributed by atoms with Gasteiger partial charge in [0, 0.05) is 12.7 Å². The van der Waals surface area contributed by atoms with E-state index in [9.17, 15) is 19.4 Å². The number of aliphatic hydroxyl groups excluding tert-OH is 1. The number of hydrogen-bond acceptors (Lipinski definition) is 4. The fourth-order valence-corrected chi connectivity index (χ4v) is 4.87. The molecule has 7 heteroatoms. The Morgan fingerprint density at radius 1 is 1.32 bits per heavy atom. The highest BCUT2D eigenvalue weighted by molar-refractivity contribution is 7.58. The molecule has 1 amide bonds. The monoisotopic (exact) mass is 335 g/mol. The Morgan fingerprint density at radius 3 is 2.45 bits per heavy atom. The summed E-state index contributed by atoms with van der Waals surface area (Å²) in [6.45, 7) is 5.16. The molecular weight excluding hydrogens is 305 g/mol. The van der Waals surface area contributed by atoms with Crippen LogP contribution in [0.25, 0.3) is 0 Å². The first kappa shape index (κ1) is 19.5. The van der Waals surface area contributed by atoms with Crippen molar-refractivity contribution in [2.75, 3.05) is 18.9 Å². The minimum absolute atomic E-state index is 0.0792. The van der Waals surface area contributed by atoms with Crippen molar-refractivity contribution in [1.82, 2.24) is 5.32 Å². The Bertz CT molecular complexity index is 401. The lowest BCUT2D eigenvalue weighted by Gasteiger charge is -2.25. The third kappa shape index (κ3) is 8.76. The number of carbonyl (C=O) groups is 1. The van der Waals surface area contributed by atoms with Crippen molar-refractivity contribution >= 4 is 13.5 Å². The van der Waals surface area contributed by atoms with E-state index in [-0.39, 0.29) is 24.8 Å². The molecule has 2 atom stereocenters. The second kappa shape index (κ2) is 8.32. The molecule has 1 aliphatic carbocycles. The van der Waals surface area contributed by atoms with Crippen molar-refractivity contribution in [2.45, 2.75) is 64.6 Å². The lowest BCUT2D eigenvalue weighted by atomic mass is 9.91. The normalized spacial score (nSPS) is 21.0. The predicted molar refractivity (Wildman–Crippen MR) is 86.4 cm³/mol. The fraction of sp³-hybridized carbons (Fsp3) is 0.933. The maximum atomic E-state index is 12.2. The van der Waals surface area contributed by atoms with E-state index in [2.05, 4.69) is 5.32 Å². The van der Waals surface area contributed by atoms with Gasteiger partial charge in [0.2, 0.25) is 7.37 Å². The smallest absolute Gasteiger partial charge is 0.407 e. The summed E-state index contributed by atoms with van der Waals surface area (Å²) < 4.78 is 17.3. The van der Waals surface area contributed by atoms with E-state index in [0.29, 0.717) is 0 Å². The first-order valence-electron chi connectivity index (χ1n) is 8.03. The van der Waals surface area contributed by atoms with E-state index < -0.39 is 25.2 Å². The van der Waals surface area contributed by atoms with Crippen LogP contribution in [-0.4, -0.2) is 46.7 Å². The summed E-state index contributed by atoms with van der Waals surface area (Å²) in [6, 6.07) is 0. The molecule has 1 saturated carbocycles. The standard InChI is InChI=1S/C15H30NO5P/c1-15(2,3)21-14(18)16-9-13(17)11-22(19,20)10-12-7-5-4-6-8-12/h12-13,17H,4-11H2,1-3H3,(H,16,18)(H,19,20)/t13-/m1/s1. The molecule has 0 aliphatic heterocycles. The lowest BCUT2D eigenvalue weighted by Crippen LogP contribution is -2.38. The largest absolute Gasteiger partial charge is 0.444 e. The molecule has 0 aromatic rings. The van der Waals surface area contributed by atoms with Crippen LogP contribution < -0.4 is 5.32 Å². The molecule has 0 spiro atoms. The van der Waals surface area contributed by atoms with Gasteiger partial charge in [-0.2, -0.15) is 0 Å². The van der Waals surface area contributed by atoms with Crippen LogP contribution in [-0.2, 0) is 9.30 Å². The molecule has 1 unspecified atom stereocenters. The summed E-state index contributed by atoms with van der Waals surface area (Å²) in [4.78, 5) is 21.5. The Hall–Kier alpha value is -0.580. The molecule has 0 radical (unpaired) electrons. The van der Waals surface area contributed by atoms with E-state index in [1.54, 1.807) is 20.8 Å². The van der Waals surface area contributed by atoms with Gasteiger partial charge in [0.05, 0.1) is 12.3 Å². The highest BCUT2D eigenvalue weighted by Gasteiger charge is 2.28. The van der Waals surface area contributed by atoms with Crippen LogP contribution in [0.4, 0.5) is 4.79 Å². The third-order valence-corrected chi connectivity index (χ3v) is 5.72. The minimum atomic E-state index is -3.36. The summed E-state index contributed by atoms with van der Waals surface area (Å²) in [5.74, 6) is 0.288. The van der Waals surface area contributed by atoms with Crippen molar-refractivity contribution in [2.24, 2.45) is 5.92 Å². The van der Waals surface area contributed by atoms with Crippen LogP contribution in [0, 0.1) is 5.92 Å². The van der Waals surface area contributed by atoms with E-state index in [0.717, 1.165) is 25.7 Å². The molecule has 1 rings (SSSR count).